The molecule has 0 heterocycles. The molecule has 116 valence electrons. The van der Waals surface area contributed by atoms with Crippen LogP contribution in [0.25, 0.3) is 0 Å². The zero-order chi connectivity index (χ0) is 15.1. The number of nitrogens with two attached hydrogens (primary N) is 1. The number of rotatable bonds is 7. The van der Waals surface area contributed by atoms with Crippen molar-refractivity contribution >= 4 is 5.84 Å². The first-order chi connectivity index (χ1) is 10.1. The van der Waals surface area contributed by atoms with E-state index in [2.05, 4.69) is 10.5 Å². The third kappa shape index (κ3) is 4.61. The van der Waals surface area contributed by atoms with Crippen LogP contribution in [0.15, 0.2) is 29.4 Å². The number of oxime groups is 1. The second-order valence-corrected chi connectivity index (χ2v) is 5.47. The first kappa shape index (κ1) is 15.6. The molecule has 2 rings (SSSR count). The number of aliphatic hydroxyl groups is 1. The first-order valence-corrected chi connectivity index (χ1v) is 7.27. The van der Waals surface area contributed by atoms with E-state index in [-0.39, 0.29) is 5.84 Å². The largest absolute Gasteiger partial charge is 0.492 e. The van der Waals surface area contributed by atoms with Gasteiger partial charge in [0.25, 0.3) is 0 Å². The van der Waals surface area contributed by atoms with Crippen LogP contribution in [0.2, 0.25) is 0 Å². The molecule has 0 saturated heterocycles. The van der Waals surface area contributed by atoms with Gasteiger partial charge in [0, 0.05) is 18.7 Å². The molecule has 0 amide bonds. The van der Waals surface area contributed by atoms with Crippen molar-refractivity contribution in [3.63, 3.8) is 0 Å². The number of hydrogen-bond donors (Lipinski definition) is 4. The maximum atomic E-state index is 10.2. The van der Waals surface area contributed by atoms with Gasteiger partial charge in [-0.05, 0) is 37.1 Å². The Bertz CT molecular complexity index is 468. The first-order valence-electron chi connectivity index (χ1n) is 7.27. The van der Waals surface area contributed by atoms with Crippen LogP contribution in [0.1, 0.15) is 31.2 Å². The van der Waals surface area contributed by atoms with E-state index in [9.17, 15) is 5.11 Å². The lowest BCUT2D eigenvalue weighted by Crippen LogP contribution is -2.39. The quantitative estimate of drug-likeness (QED) is 0.198. The smallest absolute Gasteiger partial charge is 0.170 e. The average Bonchev–Trinajstić information content (AvgIpc) is 2.94. The minimum absolute atomic E-state index is 0.0769. The second kappa shape index (κ2) is 7.28. The van der Waals surface area contributed by atoms with E-state index < -0.39 is 5.60 Å². The monoisotopic (exact) mass is 293 g/mol. The fourth-order valence-electron chi connectivity index (χ4n) is 2.55. The highest BCUT2D eigenvalue weighted by molar-refractivity contribution is 5.97. The fraction of sp³-hybridized carbons (Fsp3) is 0.533. The van der Waals surface area contributed by atoms with Crippen molar-refractivity contribution in [3.8, 4) is 5.75 Å². The highest BCUT2D eigenvalue weighted by atomic mass is 16.5. The molecule has 0 bridgehead atoms. The SMILES string of the molecule is NC(=NO)c1ccc(OCCNCC2(O)CCCC2)cc1. The number of benzene rings is 1. The van der Waals surface area contributed by atoms with Crippen LogP contribution < -0.4 is 15.8 Å². The molecule has 21 heavy (non-hydrogen) atoms. The summed E-state index contributed by atoms with van der Waals surface area (Å²) >= 11 is 0. The van der Waals surface area contributed by atoms with Crippen molar-refractivity contribution in [2.75, 3.05) is 19.7 Å². The van der Waals surface area contributed by atoms with Gasteiger partial charge in [-0.25, -0.2) is 0 Å². The van der Waals surface area contributed by atoms with E-state index >= 15 is 0 Å². The van der Waals surface area contributed by atoms with Gasteiger partial charge in [0.2, 0.25) is 0 Å². The third-order valence-corrected chi connectivity index (χ3v) is 3.79. The third-order valence-electron chi connectivity index (χ3n) is 3.79. The van der Waals surface area contributed by atoms with Crippen molar-refractivity contribution in [1.29, 1.82) is 0 Å². The van der Waals surface area contributed by atoms with Gasteiger partial charge in [-0.3, -0.25) is 0 Å². The normalized spacial score (nSPS) is 17.9. The molecule has 1 saturated carbocycles. The summed E-state index contributed by atoms with van der Waals surface area (Å²) in [6, 6.07) is 7.02. The number of hydrogen-bond acceptors (Lipinski definition) is 5. The maximum absolute atomic E-state index is 10.2. The van der Waals surface area contributed by atoms with Gasteiger partial charge in [-0.2, -0.15) is 0 Å². The lowest BCUT2D eigenvalue weighted by Gasteiger charge is -2.22. The van der Waals surface area contributed by atoms with Crippen LogP contribution in [0.4, 0.5) is 0 Å². The van der Waals surface area contributed by atoms with Gasteiger partial charge >= 0.3 is 0 Å². The molecule has 5 N–H and O–H groups in total. The molecule has 0 aromatic heterocycles. The van der Waals surface area contributed by atoms with Crippen molar-refractivity contribution in [1.82, 2.24) is 5.32 Å². The summed E-state index contributed by atoms with van der Waals surface area (Å²) in [4.78, 5) is 0. The molecule has 0 spiro atoms. The maximum Gasteiger partial charge on any atom is 0.170 e. The molecule has 1 aliphatic rings. The predicted molar refractivity (Wildman–Crippen MR) is 80.7 cm³/mol. The van der Waals surface area contributed by atoms with E-state index in [0.717, 1.165) is 31.4 Å². The van der Waals surface area contributed by atoms with Crippen molar-refractivity contribution in [2.45, 2.75) is 31.3 Å². The Hall–Kier alpha value is -1.79. The topological polar surface area (TPSA) is 100 Å². The lowest BCUT2D eigenvalue weighted by molar-refractivity contribution is 0.0471. The summed E-state index contributed by atoms with van der Waals surface area (Å²) in [5.41, 5.74) is 5.60. The summed E-state index contributed by atoms with van der Waals surface area (Å²) in [7, 11) is 0. The molecule has 0 atom stereocenters. The average molecular weight is 293 g/mol. The minimum Gasteiger partial charge on any atom is -0.492 e. The van der Waals surface area contributed by atoms with Crippen molar-refractivity contribution in [3.05, 3.63) is 29.8 Å². The number of nitrogens with one attached hydrogen (secondary N) is 1. The molecule has 1 aromatic carbocycles. The predicted octanol–water partition coefficient (Wildman–Crippen LogP) is 1.05. The van der Waals surface area contributed by atoms with Crippen LogP contribution >= 0.6 is 0 Å². The van der Waals surface area contributed by atoms with Gasteiger partial charge in [-0.15, -0.1) is 0 Å². The Morgan fingerprint density at radius 2 is 1.95 bits per heavy atom. The van der Waals surface area contributed by atoms with Crippen LogP contribution in [-0.4, -0.2) is 41.4 Å². The van der Waals surface area contributed by atoms with E-state index in [1.165, 1.54) is 0 Å². The molecule has 6 heteroatoms. The zero-order valence-corrected chi connectivity index (χ0v) is 12.1. The molecule has 0 radical (unpaired) electrons. The Kier molecular flexibility index (Phi) is 5.41. The van der Waals surface area contributed by atoms with Crippen molar-refractivity contribution in [2.24, 2.45) is 10.9 Å². The second-order valence-electron chi connectivity index (χ2n) is 5.47. The minimum atomic E-state index is -0.525. The van der Waals surface area contributed by atoms with E-state index in [1.807, 2.05) is 0 Å². The molecule has 1 aromatic rings. The Labute approximate surface area is 124 Å². The molecular weight excluding hydrogens is 270 g/mol. The van der Waals surface area contributed by atoms with Gasteiger partial charge < -0.3 is 26.1 Å². The summed E-state index contributed by atoms with van der Waals surface area (Å²) in [5.74, 6) is 0.805. The van der Waals surface area contributed by atoms with Crippen LogP contribution in [0.5, 0.6) is 5.75 Å². The Morgan fingerprint density at radius 1 is 1.29 bits per heavy atom. The highest BCUT2D eigenvalue weighted by Crippen LogP contribution is 2.28. The van der Waals surface area contributed by atoms with Gasteiger partial charge in [0.05, 0.1) is 5.60 Å². The highest BCUT2D eigenvalue weighted by Gasteiger charge is 2.30. The fourth-order valence-corrected chi connectivity index (χ4v) is 2.55. The van der Waals surface area contributed by atoms with E-state index in [0.29, 0.717) is 25.3 Å². The standard InChI is InChI=1S/C15H23N3O3/c16-14(18-20)12-3-5-13(6-4-12)21-10-9-17-11-15(19)7-1-2-8-15/h3-6,17,19-20H,1-2,7-11H2,(H2,16,18). The zero-order valence-electron chi connectivity index (χ0n) is 12.1. The van der Waals surface area contributed by atoms with Crippen molar-refractivity contribution < 1.29 is 15.1 Å². The number of nitrogens with zero attached hydrogens (tertiary/aromatic N) is 1. The molecule has 6 nitrogen and oxygen atoms in total. The van der Waals surface area contributed by atoms with E-state index in [4.69, 9.17) is 15.7 Å². The summed E-state index contributed by atoms with van der Waals surface area (Å²) in [5, 5.41) is 24.9. The van der Waals surface area contributed by atoms with E-state index in [1.54, 1.807) is 24.3 Å². The van der Waals surface area contributed by atoms with Gasteiger partial charge in [0.1, 0.15) is 12.4 Å². The molecule has 0 unspecified atom stereocenters. The van der Waals surface area contributed by atoms with Crippen LogP contribution in [-0.2, 0) is 0 Å². The number of amidine groups is 1. The molecule has 1 fully saturated rings. The summed E-state index contributed by atoms with van der Waals surface area (Å²) < 4.78 is 5.58. The van der Waals surface area contributed by atoms with Gasteiger partial charge in [-0.1, -0.05) is 18.0 Å². The van der Waals surface area contributed by atoms with Crippen LogP contribution in [0.3, 0.4) is 0 Å². The molecule has 0 aliphatic heterocycles. The Balaban J connectivity index is 1.66. The number of ether oxygens (including phenoxy) is 1. The van der Waals surface area contributed by atoms with Crippen LogP contribution in [0, 0.1) is 0 Å². The Morgan fingerprint density at radius 3 is 2.57 bits per heavy atom. The lowest BCUT2D eigenvalue weighted by atomic mass is 10.0. The summed E-state index contributed by atoms with van der Waals surface area (Å²) in [6.45, 7) is 1.84. The summed E-state index contributed by atoms with van der Waals surface area (Å²) in [6.07, 6.45) is 3.99. The van der Waals surface area contributed by atoms with Gasteiger partial charge in [0.15, 0.2) is 5.84 Å². The molecular formula is C15H23N3O3. The molecule has 1 aliphatic carbocycles.